The number of ketones is 2. The van der Waals surface area contributed by atoms with Crippen LogP contribution in [0.2, 0.25) is 0 Å². The Balaban J connectivity index is 1.37. The fourth-order valence-electron chi connectivity index (χ4n) is 4.95. The van der Waals surface area contributed by atoms with Gasteiger partial charge in [0, 0.05) is 57.6 Å². The number of carboxylic acids is 2. The van der Waals surface area contributed by atoms with Gasteiger partial charge >= 0.3 is 11.9 Å². The first-order chi connectivity index (χ1) is 21.1. The maximum absolute atomic E-state index is 12.5. The molecular weight excluding hydrogens is 602 g/mol. The highest BCUT2D eigenvalue weighted by Crippen LogP contribution is 2.35. The van der Waals surface area contributed by atoms with Crippen LogP contribution in [-0.4, -0.2) is 52.9 Å². The predicted octanol–water partition coefficient (Wildman–Crippen LogP) is 6.80. The summed E-state index contributed by atoms with van der Waals surface area (Å²) in [5.41, 5.74) is 3.48. The minimum absolute atomic E-state index is 0.0425. The molecule has 0 spiro atoms. The van der Waals surface area contributed by atoms with E-state index in [9.17, 15) is 19.2 Å². The van der Waals surface area contributed by atoms with E-state index >= 15 is 0 Å². The molecule has 0 aliphatic heterocycles. The summed E-state index contributed by atoms with van der Waals surface area (Å²) >= 11 is 2.68. The quantitative estimate of drug-likeness (QED) is 0.127. The molecule has 3 aromatic heterocycles. The van der Waals surface area contributed by atoms with E-state index in [0.717, 1.165) is 42.7 Å². The minimum Gasteiger partial charge on any atom is -0.496 e. The molecule has 0 radical (unpaired) electrons. The van der Waals surface area contributed by atoms with E-state index in [-0.39, 0.29) is 37.2 Å². The number of fused-ring (bicyclic) bond motifs is 2. The van der Waals surface area contributed by atoms with Crippen molar-refractivity contribution in [2.75, 3.05) is 14.2 Å². The third kappa shape index (κ3) is 7.12. The average Bonchev–Trinajstić information content (AvgIpc) is 3.61. The van der Waals surface area contributed by atoms with Gasteiger partial charge in [-0.05, 0) is 59.3 Å². The highest BCUT2D eigenvalue weighted by atomic mass is 32.1. The Morgan fingerprint density at radius 2 is 1.09 bits per heavy atom. The lowest BCUT2D eigenvalue weighted by molar-refractivity contribution is -0.137. The maximum Gasteiger partial charge on any atom is 0.303 e. The number of aliphatic carboxylic acids is 2. The van der Waals surface area contributed by atoms with Crippen LogP contribution in [0.15, 0.2) is 54.6 Å². The second-order valence-corrected chi connectivity index (χ2v) is 12.4. The summed E-state index contributed by atoms with van der Waals surface area (Å²) in [6.45, 7) is 0. The van der Waals surface area contributed by atoms with Crippen LogP contribution in [0.1, 0.15) is 67.5 Å². The van der Waals surface area contributed by atoms with Crippen molar-refractivity contribution in [2.24, 2.45) is 0 Å². The smallest absolute Gasteiger partial charge is 0.303 e. The van der Waals surface area contributed by atoms with Gasteiger partial charge in [-0.1, -0.05) is 6.07 Å². The lowest BCUT2D eigenvalue weighted by Gasteiger charge is -2.11. The van der Waals surface area contributed by atoms with Gasteiger partial charge in [0.1, 0.15) is 11.5 Å². The number of carboxylic acid groups (broad SMARTS) is 2. The number of aromatic nitrogens is 1. The molecule has 11 heteroatoms. The SMILES string of the molecule is COc1cc2cc(C(=O)CCC(=O)O)sc2cc1Cc1cccc(Cc2cc3sc(C(=O)CCC(=O)O)cc3cc2OC)n1. The second-order valence-electron chi connectivity index (χ2n) is 10.2. The summed E-state index contributed by atoms with van der Waals surface area (Å²) in [6.07, 6.45) is 0.502. The summed E-state index contributed by atoms with van der Waals surface area (Å²) in [6, 6.07) is 17.1. The van der Waals surface area contributed by atoms with Crippen LogP contribution in [0, 0.1) is 0 Å². The van der Waals surface area contributed by atoms with E-state index in [1.54, 1.807) is 26.4 Å². The summed E-state index contributed by atoms with van der Waals surface area (Å²) in [5, 5.41) is 19.5. The fourth-order valence-corrected chi connectivity index (χ4v) is 7.10. The van der Waals surface area contributed by atoms with Crippen molar-refractivity contribution in [3.8, 4) is 11.5 Å². The van der Waals surface area contributed by atoms with Gasteiger partial charge in [0.05, 0.1) is 36.8 Å². The Hall–Kier alpha value is -4.61. The van der Waals surface area contributed by atoms with E-state index in [4.69, 9.17) is 24.7 Å². The Bertz CT molecular complexity index is 1770. The molecule has 0 fully saturated rings. The number of hydrogen-bond acceptors (Lipinski definition) is 9. The largest absolute Gasteiger partial charge is 0.496 e. The lowest BCUT2D eigenvalue weighted by atomic mass is 10.0. The molecule has 5 rings (SSSR count). The van der Waals surface area contributed by atoms with Gasteiger partial charge in [0.25, 0.3) is 0 Å². The number of benzene rings is 2. The van der Waals surface area contributed by atoms with Crippen LogP contribution in [0.3, 0.4) is 0 Å². The Labute approximate surface area is 260 Å². The third-order valence-corrected chi connectivity index (χ3v) is 9.41. The molecule has 226 valence electrons. The normalized spacial score (nSPS) is 11.1. The number of methoxy groups -OCH3 is 2. The number of thiophene rings is 2. The molecule has 0 aliphatic carbocycles. The van der Waals surface area contributed by atoms with E-state index in [1.165, 1.54) is 22.7 Å². The number of hydrogen-bond donors (Lipinski definition) is 2. The van der Waals surface area contributed by atoms with Crippen LogP contribution < -0.4 is 9.47 Å². The first-order valence-corrected chi connectivity index (χ1v) is 15.4. The number of carbonyl (C=O) groups excluding carboxylic acids is 2. The number of nitrogens with zero attached hydrogens (tertiary/aromatic N) is 1. The third-order valence-electron chi connectivity index (χ3n) is 7.13. The summed E-state index contributed by atoms with van der Waals surface area (Å²) in [7, 11) is 3.19. The second kappa shape index (κ2) is 13.4. The van der Waals surface area contributed by atoms with Gasteiger partial charge in [-0.2, -0.15) is 0 Å². The Kier molecular flexibility index (Phi) is 9.36. The maximum atomic E-state index is 12.5. The van der Waals surface area contributed by atoms with Crippen LogP contribution in [-0.2, 0) is 22.4 Å². The van der Waals surface area contributed by atoms with Crippen LogP contribution in [0.4, 0.5) is 0 Å². The van der Waals surface area contributed by atoms with Crippen molar-refractivity contribution in [1.82, 2.24) is 4.98 Å². The number of rotatable bonds is 14. The van der Waals surface area contributed by atoms with E-state index in [1.807, 2.05) is 42.5 Å². The zero-order valence-electron chi connectivity index (χ0n) is 24.0. The van der Waals surface area contributed by atoms with Gasteiger partial charge in [-0.15, -0.1) is 22.7 Å². The molecule has 44 heavy (non-hydrogen) atoms. The summed E-state index contributed by atoms with van der Waals surface area (Å²) in [5.74, 6) is -1.05. The number of carbonyl (C=O) groups is 4. The van der Waals surface area contributed by atoms with Crippen LogP contribution in [0.5, 0.6) is 11.5 Å². The monoisotopic (exact) mass is 631 g/mol. The molecule has 0 amide bonds. The van der Waals surface area contributed by atoms with Crippen LogP contribution in [0.25, 0.3) is 20.2 Å². The minimum atomic E-state index is -1.00. The standard InChI is InChI=1S/C33H29NO8S2/c1-41-26-12-20-16-30(24(35)6-8-32(37)38)43-28(20)14-18(26)10-22-4-3-5-23(34-22)11-19-15-29-21(13-27(19)42-2)17-31(44-29)25(36)7-9-33(39)40/h3-5,12-17H,6-11H2,1-2H3,(H,37,38)(H,39,40). The molecule has 0 saturated carbocycles. The van der Waals surface area contributed by atoms with E-state index in [0.29, 0.717) is 34.1 Å². The molecule has 0 saturated heterocycles. The molecule has 3 heterocycles. The highest BCUT2D eigenvalue weighted by Gasteiger charge is 2.17. The lowest BCUT2D eigenvalue weighted by Crippen LogP contribution is -2.01. The zero-order chi connectivity index (χ0) is 31.4. The van der Waals surface area contributed by atoms with Gasteiger partial charge < -0.3 is 19.7 Å². The van der Waals surface area contributed by atoms with Gasteiger partial charge in [0.15, 0.2) is 11.6 Å². The molecular formula is C33H29NO8S2. The summed E-state index contributed by atoms with van der Waals surface area (Å²) < 4.78 is 13.1. The van der Waals surface area contributed by atoms with Gasteiger partial charge in [-0.3, -0.25) is 24.2 Å². The van der Waals surface area contributed by atoms with Crippen molar-refractivity contribution in [2.45, 2.75) is 38.5 Å². The molecule has 0 bridgehead atoms. The molecule has 5 aromatic rings. The first-order valence-electron chi connectivity index (χ1n) is 13.8. The zero-order valence-corrected chi connectivity index (χ0v) is 25.7. The van der Waals surface area contributed by atoms with Gasteiger partial charge in [-0.25, -0.2) is 0 Å². The van der Waals surface area contributed by atoms with Crippen molar-refractivity contribution < 1.29 is 38.9 Å². The van der Waals surface area contributed by atoms with E-state index in [2.05, 4.69) is 0 Å². The Morgan fingerprint density at radius 3 is 1.48 bits per heavy atom. The van der Waals surface area contributed by atoms with Crippen molar-refractivity contribution in [3.63, 3.8) is 0 Å². The molecule has 2 aromatic carbocycles. The van der Waals surface area contributed by atoms with Crippen molar-refractivity contribution >= 4 is 66.4 Å². The molecule has 2 N–H and O–H groups in total. The highest BCUT2D eigenvalue weighted by molar-refractivity contribution is 7.21. The van der Waals surface area contributed by atoms with Gasteiger partial charge in [0.2, 0.25) is 0 Å². The molecule has 0 atom stereocenters. The predicted molar refractivity (Wildman–Crippen MR) is 169 cm³/mol. The molecule has 0 unspecified atom stereocenters. The van der Waals surface area contributed by atoms with Crippen LogP contribution >= 0.6 is 22.7 Å². The Morgan fingerprint density at radius 1 is 0.659 bits per heavy atom. The average molecular weight is 632 g/mol. The van der Waals surface area contributed by atoms with Crippen molar-refractivity contribution in [1.29, 1.82) is 0 Å². The van der Waals surface area contributed by atoms with E-state index < -0.39 is 11.9 Å². The fraction of sp³-hybridized carbons (Fsp3) is 0.242. The number of Topliss-reactive ketones (excluding diaryl/α,β-unsaturated/α-hetero) is 2. The first kappa shape index (κ1) is 30.8. The number of pyridine rings is 1. The van der Waals surface area contributed by atoms with Crippen molar-refractivity contribution in [3.05, 3.63) is 86.9 Å². The molecule has 0 aliphatic rings. The molecule has 9 nitrogen and oxygen atoms in total. The summed E-state index contributed by atoms with van der Waals surface area (Å²) in [4.78, 5) is 52.7. The number of ether oxygens (including phenoxy) is 2. The topological polar surface area (TPSA) is 140 Å².